The molecule has 0 aromatic heterocycles. The normalized spacial score (nSPS) is 11.4. The van der Waals surface area contributed by atoms with Crippen molar-refractivity contribution in [1.29, 1.82) is 0 Å². The molecule has 0 spiro atoms. The second-order valence-electron chi connectivity index (χ2n) is 6.94. The number of amides is 4. The monoisotopic (exact) mass is 395 g/mol. The first-order valence-corrected chi connectivity index (χ1v) is 10.5. The standard InChI is InChI=1S/C21H37N3O4/c1-4-7-9-14-19(26)22-16-12-11-13-17(21(28)24-18(25)6-3)23-20(27)15-10-8-5-2/h6,17H,3-5,7-16H2,1-2H3,(H,22,26)(H,23,27)(H,24,25,28)/t17-/m0/s1. The number of rotatable bonds is 16. The molecule has 0 aliphatic heterocycles. The molecule has 0 bridgehead atoms. The summed E-state index contributed by atoms with van der Waals surface area (Å²) in [4.78, 5) is 47.3. The van der Waals surface area contributed by atoms with Crippen molar-refractivity contribution in [3.8, 4) is 0 Å². The van der Waals surface area contributed by atoms with Gasteiger partial charge in [0.1, 0.15) is 6.04 Å². The largest absolute Gasteiger partial charge is 0.356 e. The number of imide groups is 1. The third kappa shape index (κ3) is 13.9. The summed E-state index contributed by atoms with van der Waals surface area (Å²) in [6.45, 7) is 8.00. The van der Waals surface area contributed by atoms with Crippen LogP contribution in [0.1, 0.15) is 84.5 Å². The maximum absolute atomic E-state index is 12.2. The summed E-state index contributed by atoms with van der Waals surface area (Å²) in [5.41, 5.74) is 0. The summed E-state index contributed by atoms with van der Waals surface area (Å²) >= 11 is 0. The number of carbonyl (C=O) groups is 4. The fourth-order valence-corrected chi connectivity index (χ4v) is 2.66. The van der Waals surface area contributed by atoms with E-state index in [1.54, 1.807) is 0 Å². The molecule has 1 atom stereocenters. The fourth-order valence-electron chi connectivity index (χ4n) is 2.66. The minimum absolute atomic E-state index is 0.0450. The van der Waals surface area contributed by atoms with Gasteiger partial charge in [0.15, 0.2) is 0 Å². The molecule has 28 heavy (non-hydrogen) atoms. The molecule has 0 aromatic rings. The second kappa shape index (κ2) is 17.0. The van der Waals surface area contributed by atoms with E-state index in [1.165, 1.54) is 0 Å². The van der Waals surface area contributed by atoms with Crippen LogP contribution in [0.25, 0.3) is 0 Å². The van der Waals surface area contributed by atoms with Crippen LogP contribution in [0.15, 0.2) is 12.7 Å². The molecule has 7 heteroatoms. The number of hydrogen-bond donors (Lipinski definition) is 3. The van der Waals surface area contributed by atoms with Crippen molar-refractivity contribution in [3.05, 3.63) is 12.7 Å². The average Bonchev–Trinajstić information content (AvgIpc) is 2.67. The maximum atomic E-state index is 12.2. The Labute approximate surface area is 169 Å². The molecule has 0 heterocycles. The quantitative estimate of drug-likeness (QED) is 0.276. The Morgan fingerprint density at radius 2 is 1.46 bits per heavy atom. The van der Waals surface area contributed by atoms with Crippen LogP contribution in [-0.2, 0) is 19.2 Å². The van der Waals surface area contributed by atoms with Gasteiger partial charge in [-0.2, -0.15) is 0 Å². The first kappa shape index (κ1) is 25.8. The van der Waals surface area contributed by atoms with Crippen molar-refractivity contribution < 1.29 is 19.2 Å². The lowest BCUT2D eigenvalue weighted by Crippen LogP contribution is -2.48. The molecule has 0 fully saturated rings. The highest BCUT2D eigenvalue weighted by Crippen LogP contribution is 2.05. The topological polar surface area (TPSA) is 104 Å². The van der Waals surface area contributed by atoms with Crippen LogP contribution in [0.4, 0.5) is 0 Å². The fraction of sp³-hybridized carbons (Fsp3) is 0.714. The Kier molecular flexibility index (Phi) is 15.6. The van der Waals surface area contributed by atoms with Crippen molar-refractivity contribution >= 4 is 23.6 Å². The average molecular weight is 396 g/mol. The third-order valence-corrected chi connectivity index (χ3v) is 4.34. The summed E-state index contributed by atoms with van der Waals surface area (Å²) in [6, 6.07) is -0.765. The van der Waals surface area contributed by atoms with Crippen molar-refractivity contribution in [2.75, 3.05) is 6.54 Å². The minimum Gasteiger partial charge on any atom is -0.356 e. The summed E-state index contributed by atoms with van der Waals surface area (Å²) < 4.78 is 0. The van der Waals surface area contributed by atoms with Crippen molar-refractivity contribution in [3.63, 3.8) is 0 Å². The van der Waals surface area contributed by atoms with Crippen LogP contribution in [0.5, 0.6) is 0 Å². The van der Waals surface area contributed by atoms with Crippen molar-refractivity contribution in [2.45, 2.75) is 90.5 Å². The highest BCUT2D eigenvalue weighted by molar-refractivity contribution is 6.03. The van der Waals surface area contributed by atoms with Gasteiger partial charge in [-0.15, -0.1) is 0 Å². The van der Waals surface area contributed by atoms with Gasteiger partial charge in [-0.1, -0.05) is 46.1 Å². The van der Waals surface area contributed by atoms with E-state index in [1.807, 2.05) is 0 Å². The summed E-state index contributed by atoms with van der Waals surface area (Å²) in [6.07, 6.45) is 9.42. The molecule has 7 nitrogen and oxygen atoms in total. The lowest BCUT2D eigenvalue weighted by Gasteiger charge is -2.18. The highest BCUT2D eigenvalue weighted by Gasteiger charge is 2.21. The molecular weight excluding hydrogens is 358 g/mol. The zero-order valence-corrected chi connectivity index (χ0v) is 17.5. The van der Waals surface area contributed by atoms with Crippen LogP contribution in [0.2, 0.25) is 0 Å². The van der Waals surface area contributed by atoms with Crippen molar-refractivity contribution in [1.82, 2.24) is 16.0 Å². The SMILES string of the molecule is C=CC(=O)NC(=O)[C@H](CCCCNC(=O)CCCCC)NC(=O)CCCCC. The molecule has 0 rings (SSSR count). The molecule has 0 radical (unpaired) electrons. The summed E-state index contributed by atoms with van der Waals surface area (Å²) in [5.74, 6) is -1.26. The smallest absolute Gasteiger partial charge is 0.250 e. The van der Waals surface area contributed by atoms with Crippen molar-refractivity contribution in [2.24, 2.45) is 0 Å². The molecule has 0 aliphatic carbocycles. The Morgan fingerprint density at radius 1 is 0.857 bits per heavy atom. The van der Waals surface area contributed by atoms with E-state index in [2.05, 4.69) is 36.4 Å². The number of hydrogen-bond acceptors (Lipinski definition) is 4. The van der Waals surface area contributed by atoms with Crippen LogP contribution >= 0.6 is 0 Å². The van der Waals surface area contributed by atoms with Gasteiger partial charge < -0.3 is 10.6 Å². The van der Waals surface area contributed by atoms with E-state index in [-0.39, 0.29) is 11.8 Å². The molecule has 0 saturated heterocycles. The zero-order valence-electron chi connectivity index (χ0n) is 17.5. The van der Waals surface area contributed by atoms with Crippen LogP contribution in [0, 0.1) is 0 Å². The van der Waals surface area contributed by atoms with E-state index >= 15 is 0 Å². The predicted octanol–water partition coefficient (Wildman–Crippen LogP) is 2.75. The lowest BCUT2D eigenvalue weighted by molar-refractivity contribution is -0.133. The Morgan fingerprint density at radius 3 is 2.04 bits per heavy atom. The first-order chi connectivity index (χ1) is 13.4. The summed E-state index contributed by atoms with van der Waals surface area (Å²) in [7, 11) is 0. The second-order valence-corrected chi connectivity index (χ2v) is 6.94. The van der Waals surface area contributed by atoms with E-state index in [4.69, 9.17) is 0 Å². The molecule has 0 aliphatic rings. The zero-order chi connectivity index (χ0) is 21.2. The van der Waals surface area contributed by atoms with Gasteiger partial charge in [-0.3, -0.25) is 24.5 Å². The van der Waals surface area contributed by atoms with Crippen LogP contribution < -0.4 is 16.0 Å². The molecule has 0 saturated carbocycles. The van der Waals surface area contributed by atoms with Gasteiger partial charge in [0.25, 0.3) is 0 Å². The molecule has 4 amide bonds. The molecule has 0 unspecified atom stereocenters. The number of unbranched alkanes of at least 4 members (excludes halogenated alkanes) is 5. The van der Waals surface area contributed by atoms with Gasteiger partial charge in [0.05, 0.1) is 0 Å². The van der Waals surface area contributed by atoms with Crippen LogP contribution in [0.3, 0.4) is 0 Å². The first-order valence-electron chi connectivity index (χ1n) is 10.5. The third-order valence-electron chi connectivity index (χ3n) is 4.34. The summed E-state index contributed by atoms with van der Waals surface area (Å²) in [5, 5.41) is 7.79. The highest BCUT2D eigenvalue weighted by atomic mass is 16.2. The minimum atomic E-state index is -0.765. The molecular formula is C21H37N3O4. The maximum Gasteiger partial charge on any atom is 0.250 e. The van der Waals surface area contributed by atoms with Gasteiger partial charge in [0, 0.05) is 19.4 Å². The van der Waals surface area contributed by atoms with E-state index in [0.29, 0.717) is 38.6 Å². The van der Waals surface area contributed by atoms with E-state index in [0.717, 1.165) is 44.6 Å². The van der Waals surface area contributed by atoms with E-state index in [9.17, 15) is 19.2 Å². The van der Waals surface area contributed by atoms with E-state index < -0.39 is 17.9 Å². The lowest BCUT2D eigenvalue weighted by atomic mass is 10.1. The van der Waals surface area contributed by atoms with Gasteiger partial charge >= 0.3 is 0 Å². The Bertz CT molecular complexity index is 506. The van der Waals surface area contributed by atoms with Gasteiger partial charge in [0.2, 0.25) is 23.6 Å². The molecule has 0 aromatic carbocycles. The number of carbonyl (C=O) groups excluding carboxylic acids is 4. The molecule has 160 valence electrons. The number of nitrogens with one attached hydrogen (secondary N) is 3. The Hall–Kier alpha value is -2.18. The van der Waals surface area contributed by atoms with Crippen LogP contribution in [-0.4, -0.2) is 36.2 Å². The van der Waals surface area contributed by atoms with Gasteiger partial charge in [-0.05, 0) is 38.2 Å². The molecule has 3 N–H and O–H groups in total. The van der Waals surface area contributed by atoms with Gasteiger partial charge in [-0.25, -0.2) is 0 Å². The predicted molar refractivity (Wildman–Crippen MR) is 110 cm³/mol. The Balaban J connectivity index is 4.34.